The fraction of sp³-hybridized carbons (Fsp3) is 0.421. The normalized spacial score (nSPS) is 17.5. The zero-order chi connectivity index (χ0) is 19.0. The lowest BCUT2D eigenvalue weighted by atomic mass is 10.0. The van der Waals surface area contributed by atoms with Crippen LogP contribution in [0, 0.1) is 27.7 Å². The maximum Gasteiger partial charge on any atom is 0.280 e. The van der Waals surface area contributed by atoms with Crippen molar-refractivity contribution in [3.8, 4) is 0 Å². The zero-order valence-corrected chi connectivity index (χ0v) is 17.8. The highest BCUT2D eigenvalue weighted by Crippen LogP contribution is 2.31. The molecule has 1 aromatic carbocycles. The number of anilines is 1. The fourth-order valence-electron chi connectivity index (χ4n) is 3.35. The number of aromatic nitrogens is 1. The molecular formula is C19H22BrN3O2S. The number of hydrogen-bond donors (Lipinski definition) is 1. The zero-order valence-electron chi connectivity index (χ0n) is 15.4. The Bertz CT molecular complexity index is 835. The Balaban J connectivity index is 1.81. The van der Waals surface area contributed by atoms with Gasteiger partial charge in [0.05, 0.1) is 5.69 Å². The molecule has 0 spiro atoms. The van der Waals surface area contributed by atoms with Crippen LogP contribution in [0.1, 0.15) is 44.3 Å². The predicted octanol–water partition coefficient (Wildman–Crippen LogP) is 4.06. The molecule has 138 valence electrons. The standard InChI is InChI=1S/C19H22BrN3O2S/c1-10-8-14(20)9-11(2)16(10)23-7-5-6-15(19(23)25)22-17(24)18-21-12(3)13(4)26-18/h8-9,15H,5-7H2,1-4H3,(H,22,24). The van der Waals surface area contributed by atoms with Crippen molar-refractivity contribution in [3.63, 3.8) is 0 Å². The van der Waals surface area contributed by atoms with Gasteiger partial charge in [-0.25, -0.2) is 4.98 Å². The molecule has 5 nitrogen and oxygen atoms in total. The molecule has 3 rings (SSSR count). The monoisotopic (exact) mass is 435 g/mol. The summed E-state index contributed by atoms with van der Waals surface area (Å²) in [7, 11) is 0. The van der Waals surface area contributed by atoms with Crippen molar-refractivity contribution < 1.29 is 9.59 Å². The van der Waals surface area contributed by atoms with Gasteiger partial charge in [-0.3, -0.25) is 9.59 Å². The van der Waals surface area contributed by atoms with Crippen molar-refractivity contribution in [2.24, 2.45) is 0 Å². The summed E-state index contributed by atoms with van der Waals surface area (Å²) in [5, 5.41) is 3.30. The van der Waals surface area contributed by atoms with Gasteiger partial charge in [-0.1, -0.05) is 15.9 Å². The van der Waals surface area contributed by atoms with E-state index in [2.05, 4.69) is 26.2 Å². The Hall–Kier alpha value is -1.73. The predicted molar refractivity (Wildman–Crippen MR) is 108 cm³/mol. The third-order valence-electron chi connectivity index (χ3n) is 4.69. The molecular weight excluding hydrogens is 414 g/mol. The van der Waals surface area contributed by atoms with Crippen molar-refractivity contribution in [2.45, 2.75) is 46.6 Å². The van der Waals surface area contributed by atoms with E-state index in [-0.39, 0.29) is 11.8 Å². The molecule has 2 heterocycles. The van der Waals surface area contributed by atoms with E-state index in [0.29, 0.717) is 18.0 Å². The van der Waals surface area contributed by atoms with Crippen molar-refractivity contribution in [1.82, 2.24) is 10.3 Å². The molecule has 1 saturated heterocycles. The average molecular weight is 436 g/mol. The molecule has 1 fully saturated rings. The molecule has 7 heteroatoms. The maximum atomic E-state index is 13.0. The molecule has 1 atom stereocenters. The number of nitrogens with one attached hydrogen (secondary N) is 1. The number of amides is 2. The number of thiazole rings is 1. The third-order valence-corrected chi connectivity index (χ3v) is 6.22. The topological polar surface area (TPSA) is 62.3 Å². The van der Waals surface area contributed by atoms with Crippen LogP contribution in [0.4, 0.5) is 5.69 Å². The Morgan fingerprint density at radius 3 is 2.50 bits per heavy atom. The van der Waals surface area contributed by atoms with Crippen molar-refractivity contribution >= 4 is 44.8 Å². The summed E-state index contributed by atoms with van der Waals surface area (Å²) >= 11 is 4.86. The second-order valence-corrected chi connectivity index (χ2v) is 8.83. The van der Waals surface area contributed by atoms with E-state index in [0.717, 1.165) is 38.3 Å². The summed E-state index contributed by atoms with van der Waals surface area (Å²) in [6.07, 6.45) is 1.50. The molecule has 2 aromatic rings. The van der Waals surface area contributed by atoms with E-state index < -0.39 is 6.04 Å². The van der Waals surface area contributed by atoms with Crippen molar-refractivity contribution in [3.05, 3.63) is 43.3 Å². The average Bonchev–Trinajstić information content (AvgIpc) is 2.89. The van der Waals surface area contributed by atoms with Gasteiger partial charge in [0.2, 0.25) is 5.91 Å². The number of nitrogens with zero attached hydrogens (tertiary/aromatic N) is 2. The first kappa shape index (κ1) is 19.0. The first-order chi connectivity index (χ1) is 12.3. The van der Waals surface area contributed by atoms with Crippen LogP contribution in [0.15, 0.2) is 16.6 Å². The second-order valence-electron chi connectivity index (χ2n) is 6.71. The van der Waals surface area contributed by atoms with Gasteiger partial charge in [-0.2, -0.15) is 0 Å². The van der Waals surface area contributed by atoms with E-state index in [1.807, 2.05) is 44.7 Å². The van der Waals surface area contributed by atoms with Crippen LogP contribution in [-0.4, -0.2) is 29.4 Å². The Labute approximate surface area is 165 Å². The Morgan fingerprint density at radius 1 is 1.27 bits per heavy atom. The summed E-state index contributed by atoms with van der Waals surface area (Å²) in [5.74, 6) is -0.321. The molecule has 26 heavy (non-hydrogen) atoms. The van der Waals surface area contributed by atoms with Crippen LogP contribution in [0.3, 0.4) is 0 Å². The second kappa shape index (κ2) is 7.48. The maximum absolute atomic E-state index is 13.0. The molecule has 0 radical (unpaired) electrons. The SMILES string of the molecule is Cc1cc(Br)cc(C)c1N1CCCC(NC(=O)c2nc(C)c(C)s2)C1=O. The minimum Gasteiger partial charge on any atom is -0.338 e. The molecule has 0 saturated carbocycles. The first-order valence-corrected chi connectivity index (χ1v) is 10.2. The summed E-state index contributed by atoms with van der Waals surface area (Å²) < 4.78 is 1.00. The smallest absolute Gasteiger partial charge is 0.280 e. The van der Waals surface area contributed by atoms with Crippen molar-refractivity contribution in [1.29, 1.82) is 0 Å². The van der Waals surface area contributed by atoms with Gasteiger partial charge >= 0.3 is 0 Å². The Kier molecular flexibility index (Phi) is 5.48. The minimum absolute atomic E-state index is 0.0527. The highest BCUT2D eigenvalue weighted by molar-refractivity contribution is 9.10. The van der Waals surface area contributed by atoms with Gasteiger partial charge in [0, 0.05) is 21.6 Å². The molecule has 1 aliphatic heterocycles. The van der Waals surface area contributed by atoms with E-state index in [9.17, 15) is 9.59 Å². The summed E-state index contributed by atoms with van der Waals surface area (Å²) in [6.45, 7) is 8.50. The van der Waals surface area contributed by atoms with E-state index in [1.165, 1.54) is 11.3 Å². The van der Waals surface area contributed by atoms with Crippen LogP contribution in [-0.2, 0) is 4.79 Å². The Morgan fingerprint density at radius 2 is 1.92 bits per heavy atom. The summed E-state index contributed by atoms with van der Waals surface area (Å²) in [5.41, 5.74) is 3.89. The number of aryl methyl sites for hydroxylation is 4. The molecule has 1 aromatic heterocycles. The molecule has 0 aliphatic carbocycles. The first-order valence-electron chi connectivity index (χ1n) is 8.61. The highest BCUT2D eigenvalue weighted by Gasteiger charge is 2.33. The van der Waals surface area contributed by atoms with Crippen LogP contribution < -0.4 is 10.2 Å². The van der Waals surface area contributed by atoms with E-state index >= 15 is 0 Å². The van der Waals surface area contributed by atoms with Crippen LogP contribution >= 0.6 is 27.3 Å². The molecule has 1 unspecified atom stereocenters. The van der Waals surface area contributed by atoms with Crippen LogP contribution in [0.25, 0.3) is 0 Å². The number of benzene rings is 1. The number of piperidine rings is 1. The van der Waals surface area contributed by atoms with Gasteiger partial charge in [0.25, 0.3) is 5.91 Å². The van der Waals surface area contributed by atoms with E-state index in [4.69, 9.17) is 0 Å². The summed E-state index contributed by atoms with van der Waals surface area (Å²) in [6, 6.07) is 3.51. The molecule has 1 N–H and O–H groups in total. The lowest BCUT2D eigenvalue weighted by Gasteiger charge is -2.34. The van der Waals surface area contributed by atoms with Gasteiger partial charge in [-0.15, -0.1) is 11.3 Å². The van der Waals surface area contributed by atoms with Crippen LogP contribution in [0.2, 0.25) is 0 Å². The quantitative estimate of drug-likeness (QED) is 0.789. The lowest BCUT2D eigenvalue weighted by molar-refractivity contribution is -0.121. The van der Waals surface area contributed by atoms with Crippen LogP contribution in [0.5, 0.6) is 0 Å². The minimum atomic E-state index is -0.511. The van der Waals surface area contributed by atoms with Gasteiger partial charge in [0.1, 0.15) is 6.04 Å². The van der Waals surface area contributed by atoms with Crippen molar-refractivity contribution in [2.75, 3.05) is 11.4 Å². The van der Waals surface area contributed by atoms with Gasteiger partial charge in [0.15, 0.2) is 5.01 Å². The van der Waals surface area contributed by atoms with Gasteiger partial charge < -0.3 is 10.2 Å². The number of carbonyl (C=O) groups is 2. The number of hydrogen-bond acceptors (Lipinski definition) is 4. The number of carbonyl (C=O) groups excluding carboxylic acids is 2. The number of rotatable bonds is 3. The fourth-order valence-corrected chi connectivity index (χ4v) is 4.85. The molecule has 0 bridgehead atoms. The van der Waals surface area contributed by atoms with E-state index in [1.54, 1.807) is 0 Å². The highest BCUT2D eigenvalue weighted by atomic mass is 79.9. The molecule has 2 amide bonds. The summed E-state index contributed by atoms with van der Waals surface area (Å²) in [4.78, 5) is 32.7. The lowest BCUT2D eigenvalue weighted by Crippen LogP contribution is -2.52. The third kappa shape index (κ3) is 3.69. The number of halogens is 1. The largest absolute Gasteiger partial charge is 0.338 e. The van der Waals surface area contributed by atoms with Gasteiger partial charge in [-0.05, 0) is 63.8 Å². The molecule has 1 aliphatic rings.